The van der Waals surface area contributed by atoms with E-state index in [4.69, 9.17) is 16.3 Å². The SMILES string of the molecule is COC(=O)c1ccc(Cl)cc1NC(=O)N1CCc2c([nH]c3ccccc23)C1c1ccc(C)cc1. The second-order valence-corrected chi connectivity index (χ2v) is 8.87. The van der Waals surface area contributed by atoms with Crippen LogP contribution in [0.15, 0.2) is 66.7 Å². The first-order valence-corrected chi connectivity index (χ1v) is 11.5. The molecule has 3 aromatic carbocycles. The van der Waals surface area contributed by atoms with Gasteiger partial charge in [0.2, 0.25) is 0 Å². The molecule has 1 unspecified atom stereocenters. The number of benzene rings is 3. The third-order valence-corrected chi connectivity index (χ3v) is 6.55. The zero-order chi connectivity index (χ0) is 23.8. The van der Waals surface area contributed by atoms with E-state index in [-0.39, 0.29) is 17.6 Å². The zero-order valence-corrected chi connectivity index (χ0v) is 19.6. The maximum Gasteiger partial charge on any atom is 0.339 e. The average Bonchev–Trinajstić information content (AvgIpc) is 3.22. The highest BCUT2D eigenvalue weighted by atomic mass is 35.5. The molecule has 34 heavy (non-hydrogen) atoms. The number of esters is 1. The molecule has 0 radical (unpaired) electrons. The molecule has 0 saturated carbocycles. The number of nitrogens with one attached hydrogen (secondary N) is 2. The van der Waals surface area contributed by atoms with Gasteiger partial charge in [0.05, 0.1) is 24.4 Å². The number of urea groups is 1. The van der Waals surface area contributed by atoms with Gasteiger partial charge in [0.15, 0.2) is 0 Å². The number of carbonyl (C=O) groups is 2. The molecule has 0 aliphatic carbocycles. The molecule has 0 bridgehead atoms. The highest BCUT2D eigenvalue weighted by molar-refractivity contribution is 6.31. The summed E-state index contributed by atoms with van der Waals surface area (Å²) < 4.78 is 4.87. The lowest BCUT2D eigenvalue weighted by molar-refractivity contribution is 0.0602. The number of H-pyrrole nitrogens is 1. The Bertz CT molecular complexity index is 1390. The number of aryl methyl sites for hydroxylation is 1. The van der Waals surface area contributed by atoms with E-state index in [1.165, 1.54) is 18.1 Å². The van der Waals surface area contributed by atoms with Crippen molar-refractivity contribution < 1.29 is 14.3 Å². The summed E-state index contributed by atoms with van der Waals surface area (Å²) in [6.45, 7) is 2.56. The Hall–Kier alpha value is -3.77. The number of fused-ring (bicyclic) bond motifs is 3. The molecule has 172 valence electrons. The Kier molecular flexibility index (Phi) is 5.75. The lowest BCUT2D eigenvalue weighted by atomic mass is 9.92. The number of aromatic amines is 1. The van der Waals surface area contributed by atoms with Crippen LogP contribution in [0, 0.1) is 6.92 Å². The fourth-order valence-corrected chi connectivity index (χ4v) is 4.82. The normalized spacial score (nSPS) is 15.1. The molecule has 1 aliphatic heterocycles. The van der Waals surface area contributed by atoms with Gasteiger partial charge >= 0.3 is 12.0 Å². The number of hydrogen-bond donors (Lipinski definition) is 2. The van der Waals surface area contributed by atoms with Gasteiger partial charge in [-0.15, -0.1) is 0 Å². The summed E-state index contributed by atoms with van der Waals surface area (Å²) in [4.78, 5) is 31.2. The lowest BCUT2D eigenvalue weighted by Crippen LogP contribution is -2.43. The quantitative estimate of drug-likeness (QED) is 0.353. The van der Waals surface area contributed by atoms with Crippen LogP contribution >= 0.6 is 11.6 Å². The van der Waals surface area contributed by atoms with Crippen molar-refractivity contribution in [3.05, 3.63) is 99.7 Å². The average molecular weight is 474 g/mol. The Balaban J connectivity index is 1.57. The number of nitrogens with zero attached hydrogens (tertiary/aromatic N) is 1. The molecule has 5 rings (SSSR count). The number of rotatable bonds is 3. The number of amides is 2. The summed E-state index contributed by atoms with van der Waals surface area (Å²) in [6.07, 6.45) is 0.717. The summed E-state index contributed by atoms with van der Waals surface area (Å²) in [6, 6.07) is 20.5. The summed E-state index contributed by atoms with van der Waals surface area (Å²) in [7, 11) is 1.30. The van der Waals surface area contributed by atoms with Gasteiger partial charge in [0, 0.05) is 28.2 Å². The number of hydrogen-bond acceptors (Lipinski definition) is 3. The van der Waals surface area contributed by atoms with Gasteiger partial charge in [-0.05, 0) is 48.7 Å². The van der Waals surface area contributed by atoms with Crippen LogP contribution in [-0.4, -0.2) is 35.5 Å². The van der Waals surface area contributed by atoms with Crippen molar-refractivity contribution in [1.29, 1.82) is 0 Å². The van der Waals surface area contributed by atoms with Gasteiger partial charge in [0.25, 0.3) is 0 Å². The maximum atomic E-state index is 13.6. The predicted octanol–water partition coefficient (Wildman–Crippen LogP) is 6.10. The van der Waals surface area contributed by atoms with Gasteiger partial charge in [-0.2, -0.15) is 0 Å². The minimum atomic E-state index is -0.543. The van der Waals surface area contributed by atoms with Crippen molar-refractivity contribution in [2.45, 2.75) is 19.4 Å². The number of para-hydroxylation sites is 1. The van der Waals surface area contributed by atoms with E-state index < -0.39 is 5.97 Å². The fourth-order valence-electron chi connectivity index (χ4n) is 4.65. The number of carbonyl (C=O) groups excluding carboxylic acids is 2. The van der Waals surface area contributed by atoms with Crippen molar-refractivity contribution >= 4 is 40.2 Å². The summed E-state index contributed by atoms with van der Waals surface area (Å²) in [5.41, 5.74) is 6.00. The molecule has 1 aromatic heterocycles. The first kappa shape index (κ1) is 22.0. The van der Waals surface area contributed by atoms with Crippen molar-refractivity contribution in [1.82, 2.24) is 9.88 Å². The van der Waals surface area contributed by atoms with Crippen LogP contribution in [0.5, 0.6) is 0 Å². The molecule has 7 heteroatoms. The van der Waals surface area contributed by atoms with E-state index in [1.807, 2.05) is 19.1 Å². The first-order valence-electron chi connectivity index (χ1n) is 11.1. The Morgan fingerprint density at radius 2 is 1.85 bits per heavy atom. The van der Waals surface area contributed by atoms with Crippen LogP contribution in [0.1, 0.15) is 38.8 Å². The molecular weight excluding hydrogens is 450 g/mol. The van der Waals surface area contributed by atoms with Gasteiger partial charge in [-0.1, -0.05) is 59.6 Å². The van der Waals surface area contributed by atoms with Crippen LogP contribution in [-0.2, 0) is 11.2 Å². The van der Waals surface area contributed by atoms with Gasteiger partial charge < -0.3 is 19.9 Å². The number of halogens is 1. The van der Waals surface area contributed by atoms with E-state index in [9.17, 15) is 9.59 Å². The van der Waals surface area contributed by atoms with Gasteiger partial charge in [-0.25, -0.2) is 9.59 Å². The second-order valence-electron chi connectivity index (χ2n) is 8.43. The van der Waals surface area contributed by atoms with Crippen LogP contribution < -0.4 is 5.32 Å². The molecule has 0 saturated heterocycles. The molecule has 0 spiro atoms. The smallest absolute Gasteiger partial charge is 0.339 e. The largest absolute Gasteiger partial charge is 0.465 e. The van der Waals surface area contributed by atoms with Crippen molar-refractivity contribution in [3.8, 4) is 0 Å². The van der Waals surface area contributed by atoms with Crippen molar-refractivity contribution in [3.63, 3.8) is 0 Å². The first-order chi connectivity index (χ1) is 16.5. The Labute approximate surface area is 202 Å². The Morgan fingerprint density at radius 1 is 1.09 bits per heavy atom. The highest BCUT2D eigenvalue weighted by Crippen LogP contribution is 2.39. The van der Waals surface area contributed by atoms with E-state index in [0.717, 1.165) is 22.3 Å². The summed E-state index contributed by atoms with van der Waals surface area (Å²) >= 11 is 6.16. The molecule has 2 N–H and O–H groups in total. The Morgan fingerprint density at radius 3 is 2.62 bits per heavy atom. The van der Waals surface area contributed by atoms with E-state index in [2.05, 4.69) is 46.7 Å². The van der Waals surface area contributed by atoms with E-state index >= 15 is 0 Å². The third kappa shape index (κ3) is 3.90. The predicted molar refractivity (Wildman–Crippen MR) is 134 cm³/mol. The summed E-state index contributed by atoms with van der Waals surface area (Å²) in [5, 5.41) is 4.49. The fraction of sp³-hybridized carbons (Fsp3) is 0.185. The summed E-state index contributed by atoms with van der Waals surface area (Å²) in [5.74, 6) is -0.543. The standard InChI is InChI=1S/C27H24ClN3O3/c1-16-7-9-17(10-8-16)25-24-20(19-5-3-4-6-22(19)29-24)13-14-31(25)27(33)30-23-15-18(28)11-12-21(23)26(32)34-2/h3-12,15,25,29H,13-14H2,1-2H3,(H,30,33). The minimum absolute atomic E-state index is 0.246. The lowest BCUT2D eigenvalue weighted by Gasteiger charge is -2.36. The number of aromatic nitrogens is 1. The highest BCUT2D eigenvalue weighted by Gasteiger charge is 2.35. The van der Waals surface area contributed by atoms with E-state index in [1.54, 1.807) is 23.1 Å². The van der Waals surface area contributed by atoms with Crippen LogP contribution in [0.3, 0.4) is 0 Å². The minimum Gasteiger partial charge on any atom is -0.465 e. The second kappa shape index (κ2) is 8.88. The van der Waals surface area contributed by atoms with Crippen LogP contribution in [0.25, 0.3) is 10.9 Å². The van der Waals surface area contributed by atoms with E-state index in [0.29, 0.717) is 23.7 Å². The van der Waals surface area contributed by atoms with Crippen LogP contribution in [0.2, 0.25) is 5.02 Å². The van der Waals surface area contributed by atoms with Crippen molar-refractivity contribution in [2.75, 3.05) is 19.0 Å². The number of methoxy groups -OCH3 is 1. The molecule has 0 fully saturated rings. The monoisotopic (exact) mass is 473 g/mol. The van der Waals surface area contributed by atoms with Crippen LogP contribution in [0.4, 0.5) is 10.5 Å². The third-order valence-electron chi connectivity index (χ3n) is 6.32. The topological polar surface area (TPSA) is 74.4 Å². The molecular formula is C27H24ClN3O3. The molecule has 2 heterocycles. The van der Waals surface area contributed by atoms with Gasteiger partial charge in [0.1, 0.15) is 0 Å². The number of anilines is 1. The molecule has 4 aromatic rings. The maximum absolute atomic E-state index is 13.6. The molecule has 2 amide bonds. The molecule has 6 nitrogen and oxygen atoms in total. The zero-order valence-electron chi connectivity index (χ0n) is 18.9. The van der Waals surface area contributed by atoms with Crippen molar-refractivity contribution in [2.24, 2.45) is 0 Å². The molecule has 1 atom stereocenters. The molecule has 1 aliphatic rings. The van der Waals surface area contributed by atoms with Gasteiger partial charge in [-0.3, -0.25) is 0 Å². The number of ether oxygens (including phenoxy) is 1.